The summed E-state index contributed by atoms with van der Waals surface area (Å²) in [6, 6.07) is 0. The van der Waals surface area contributed by atoms with E-state index in [-0.39, 0.29) is 11.8 Å². The molecule has 0 aromatic rings. The molecule has 0 unspecified atom stereocenters. The number of esters is 1. The SMILES string of the molecule is CC(C)[C@@H]1OC(=O)[C@@]12NC(=O)[C@H](C)[C@@H]2O. The van der Waals surface area contributed by atoms with Gasteiger partial charge in [0.05, 0.1) is 5.92 Å². The fourth-order valence-electron chi connectivity index (χ4n) is 2.37. The van der Waals surface area contributed by atoms with Crippen molar-refractivity contribution in [2.45, 2.75) is 38.5 Å². The summed E-state index contributed by atoms with van der Waals surface area (Å²) in [5.74, 6) is -1.29. The Morgan fingerprint density at radius 3 is 2.40 bits per heavy atom. The van der Waals surface area contributed by atoms with Crippen molar-refractivity contribution in [3.63, 3.8) is 0 Å². The van der Waals surface area contributed by atoms with E-state index in [1.54, 1.807) is 6.92 Å². The lowest BCUT2D eigenvalue weighted by molar-refractivity contribution is -0.210. The van der Waals surface area contributed by atoms with Crippen LogP contribution in [0.4, 0.5) is 0 Å². The Morgan fingerprint density at radius 2 is 2.07 bits per heavy atom. The second-order valence-corrected chi connectivity index (χ2v) is 4.66. The van der Waals surface area contributed by atoms with Crippen molar-refractivity contribution in [1.29, 1.82) is 0 Å². The van der Waals surface area contributed by atoms with Gasteiger partial charge in [0, 0.05) is 0 Å². The zero-order valence-corrected chi connectivity index (χ0v) is 8.98. The molecule has 0 aliphatic carbocycles. The number of carbonyl (C=O) groups is 2. The van der Waals surface area contributed by atoms with Crippen LogP contribution < -0.4 is 5.32 Å². The monoisotopic (exact) mass is 213 g/mol. The van der Waals surface area contributed by atoms with Crippen molar-refractivity contribution in [2.24, 2.45) is 11.8 Å². The van der Waals surface area contributed by atoms with E-state index in [4.69, 9.17) is 4.74 Å². The maximum absolute atomic E-state index is 11.5. The molecule has 0 aromatic heterocycles. The number of hydrogen-bond donors (Lipinski definition) is 2. The van der Waals surface area contributed by atoms with Crippen LogP contribution in [0.1, 0.15) is 20.8 Å². The van der Waals surface area contributed by atoms with E-state index in [9.17, 15) is 14.7 Å². The number of ether oxygens (including phenoxy) is 1. The zero-order chi connectivity index (χ0) is 11.4. The molecule has 5 nitrogen and oxygen atoms in total. The minimum absolute atomic E-state index is 0.0722. The molecule has 2 aliphatic rings. The Hall–Kier alpha value is -1.10. The van der Waals surface area contributed by atoms with E-state index >= 15 is 0 Å². The van der Waals surface area contributed by atoms with E-state index in [0.717, 1.165) is 0 Å². The Kier molecular flexibility index (Phi) is 2.05. The van der Waals surface area contributed by atoms with Crippen LogP contribution in [0.25, 0.3) is 0 Å². The predicted octanol–water partition coefficient (Wildman–Crippen LogP) is -0.567. The van der Waals surface area contributed by atoms with Crippen LogP contribution in [-0.4, -0.2) is 34.7 Å². The van der Waals surface area contributed by atoms with Crippen LogP contribution in [0.5, 0.6) is 0 Å². The van der Waals surface area contributed by atoms with E-state index in [0.29, 0.717) is 0 Å². The maximum atomic E-state index is 11.5. The first kappa shape index (κ1) is 10.4. The predicted molar refractivity (Wildman–Crippen MR) is 50.8 cm³/mol. The summed E-state index contributed by atoms with van der Waals surface area (Å²) in [7, 11) is 0. The third-order valence-corrected chi connectivity index (χ3v) is 3.31. The smallest absolute Gasteiger partial charge is 0.338 e. The highest BCUT2D eigenvalue weighted by Crippen LogP contribution is 2.41. The van der Waals surface area contributed by atoms with E-state index < -0.39 is 29.6 Å². The van der Waals surface area contributed by atoms with Crippen LogP contribution >= 0.6 is 0 Å². The number of nitrogens with one attached hydrogen (secondary N) is 1. The van der Waals surface area contributed by atoms with Gasteiger partial charge in [-0.3, -0.25) is 4.79 Å². The van der Waals surface area contributed by atoms with Gasteiger partial charge in [-0.25, -0.2) is 4.79 Å². The molecule has 1 amide bonds. The van der Waals surface area contributed by atoms with E-state index in [1.807, 2.05) is 13.8 Å². The van der Waals surface area contributed by atoms with Gasteiger partial charge in [-0.15, -0.1) is 0 Å². The highest BCUT2D eigenvalue weighted by molar-refractivity contribution is 5.98. The average Bonchev–Trinajstić information content (AvgIpc) is 2.40. The molecule has 0 bridgehead atoms. The van der Waals surface area contributed by atoms with Crippen LogP contribution in [0.3, 0.4) is 0 Å². The first-order chi connectivity index (χ1) is 6.91. The molecule has 0 radical (unpaired) electrons. The zero-order valence-electron chi connectivity index (χ0n) is 8.98. The number of rotatable bonds is 1. The number of hydrogen-bond acceptors (Lipinski definition) is 4. The lowest BCUT2D eigenvalue weighted by atomic mass is 9.76. The summed E-state index contributed by atoms with van der Waals surface area (Å²) in [6.45, 7) is 5.39. The molecule has 1 spiro atoms. The Bertz CT molecular complexity index is 327. The normalized spacial score (nSPS) is 44.2. The molecule has 84 valence electrons. The van der Waals surface area contributed by atoms with Gasteiger partial charge in [0.2, 0.25) is 11.4 Å². The molecular formula is C10H15NO4. The van der Waals surface area contributed by atoms with Gasteiger partial charge < -0.3 is 15.2 Å². The molecule has 0 aromatic carbocycles. The average molecular weight is 213 g/mol. The minimum Gasteiger partial charge on any atom is -0.457 e. The van der Waals surface area contributed by atoms with Crippen molar-refractivity contribution < 1.29 is 19.4 Å². The van der Waals surface area contributed by atoms with Gasteiger partial charge in [0.1, 0.15) is 12.2 Å². The molecule has 2 heterocycles. The van der Waals surface area contributed by atoms with Gasteiger partial charge in [0.25, 0.3) is 0 Å². The molecule has 2 rings (SSSR count). The molecular weight excluding hydrogens is 198 g/mol. The second-order valence-electron chi connectivity index (χ2n) is 4.66. The molecule has 5 heteroatoms. The molecule has 4 atom stereocenters. The van der Waals surface area contributed by atoms with Gasteiger partial charge in [0.15, 0.2) is 0 Å². The maximum Gasteiger partial charge on any atom is 0.338 e. The standard InChI is InChI=1S/C10H15NO4/c1-4(2)7-10(9(14)15-7)6(12)5(3)8(13)11-10/h4-7,12H,1-3H3,(H,11,13)/t5-,6+,7+,10+/m1/s1. The Morgan fingerprint density at radius 1 is 1.47 bits per heavy atom. The first-order valence-electron chi connectivity index (χ1n) is 5.12. The summed E-state index contributed by atoms with van der Waals surface area (Å²) in [6.07, 6.45) is -1.41. The number of amides is 1. The van der Waals surface area contributed by atoms with Crippen molar-refractivity contribution in [3.05, 3.63) is 0 Å². The van der Waals surface area contributed by atoms with Gasteiger partial charge in [-0.05, 0) is 5.92 Å². The highest BCUT2D eigenvalue weighted by atomic mass is 16.6. The Labute approximate surface area is 87.8 Å². The summed E-state index contributed by atoms with van der Waals surface area (Å²) >= 11 is 0. The molecule has 2 fully saturated rings. The third kappa shape index (κ3) is 1.07. The summed E-state index contributed by atoms with van der Waals surface area (Å²) in [5, 5.41) is 12.5. The quantitative estimate of drug-likeness (QED) is 0.572. The number of aliphatic hydroxyl groups is 1. The number of cyclic esters (lactones) is 1. The van der Waals surface area contributed by atoms with E-state index in [2.05, 4.69) is 5.32 Å². The summed E-state index contributed by atoms with van der Waals surface area (Å²) in [5.41, 5.74) is -1.19. The minimum atomic E-state index is -1.19. The van der Waals surface area contributed by atoms with Crippen molar-refractivity contribution in [1.82, 2.24) is 5.32 Å². The van der Waals surface area contributed by atoms with Gasteiger partial charge in [-0.2, -0.15) is 0 Å². The fraction of sp³-hybridized carbons (Fsp3) is 0.800. The second kappa shape index (κ2) is 2.95. The number of carbonyl (C=O) groups excluding carboxylic acids is 2. The van der Waals surface area contributed by atoms with E-state index in [1.165, 1.54) is 0 Å². The molecule has 0 saturated carbocycles. The largest absolute Gasteiger partial charge is 0.457 e. The van der Waals surface area contributed by atoms with Crippen molar-refractivity contribution in [2.75, 3.05) is 0 Å². The lowest BCUT2D eigenvalue weighted by Crippen LogP contribution is -2.74. The number of aliphatic hydroxyl groups excluding tert-OH is 1. The van der Waals surface area contributed by atoms with Crippen LogP contribution in [0.15, 0.2) is 0 Å². The first-order valence-corrected chi connectivity index (χ1v) is 5.12. The van der Waals surface area contributed by atoms with Gasteiger partial charge >= 0.3 is 5.97 Å². The molecule has 15 heavy (non-hydrogen) atoms. The Balaban J connectivity index is 2.33. The van der Waals surface area contributed by atoms with Crippen LogP contribution in [0.2, 0.25) is 0 Å². The van der Waals surface area contributed by atoms with Crippen LogP contribution in [0, 0.1) is 11.8 Å². The molecule has 2 N–H and O–H groups in total. The fourth-order valence-corrected chi connectivity index (χ4v) is 2.37. The van der Waals surface area contributed by atoms with Crippen molar-refractivity contribution in [3.8, 4) is 0 Å². The third-order valence-electron chi connectivity index (χ3n) is 3.31. The molecule has 2 saturated heterocycles. The van der Waals surface area contributed by atoms with Crippen molar-refractivity contribution >= 4 is 11.9 Å². The topological polar surface area (TPSA) is 75.6 Å². The summed E-state index contributed by atoms with van der Waals surface area (Å²) < 4.78 is 4.99. The lowest BCUT2D eigenvalue weighted by Gasteiger charge is -2.47. The molecule has 2 aliphatic heterocycles. The van der Waals surface area contributed by atoms with Gasteiger partial charge in [-0.1, -0.05) is 20.8 Å². The highest BCUT2D eigenvalue weighted by Gasteiger charge is 2.69. The summed E-state index contributed by atoms with van der Waals surface area (Å²) in [4.78, 5) is 22.9. The van der Waals surface area contributed by atoms with Crippen LogP contribution in [-0.2, 0) is 14.3 Å².